The first kappa shape index (κ1) is 15.4. The second kappa shape index (κ2) is 7.15. The van der Waals surface area contributed by atoms with Crippen LogP contribution in [0.4, 0.5) is 0 Å². The Labute approximate surface area is 119 Å². The van der Waals surface area contributed by atoms with Crippen molar-refractivity contribution >= 4 is 0 Å². The molecule has 1 fully saturated rings. The lowest BCUT2D eigenvalue weighted by atomic mass is 9.99. The number of benzene rings is 1. The van der Waals surface area contributed by atoms with Crippen LogP contribution >= 0.6 is 0 Å². The first-order chi connectivity index (χ1) is 9.67. The molecular weight excluding hydrogens is 260 g/mol. The molecule has 1 aromatic rings. The van der Waals surface area contributed by atoms with Crippen molar-refractivity contribution in [1.29, 1.82) is 0 Å². The molecule has 1 unspecified atom stereocenters. The molecule has 1 saturated heterocycles. The van der Waals surface area contributed by atoms with Gasteiger partial charge in [-0.3, -0.25) is 0 Å². The summed E-state index contributed by atoms with van der Waals surface area (Å²) in [5.41, 5.74) is 1.04. The van der Waals surface area contributed by atoms with Crippen molar-refractivity contribution in [2.75, 3.05) is 14.2 Å². The molecule has 1 N–H and O–H groups in total. The van der Waals surface area contributed by atoms with Gasteiger partial charge in [-0.25, -0.2) is 0 Å². The third kappa shape index (κ3) is 3.37. The maximum absolute atomic E-state index is 10.2. The Bertz CT molecular complexity index is 397. The first-order valence-electron chi connectivity index (χ1n) is 6.72. The first-order valence-corrected chi connectivity index (χ1v) is 6.72. The van der Waals surface area contributed by atoms with Crippen LogP contribution < -0.4 is 0 Å². The van der Waals surface area contributed by atoms with Crippen LogP contribution in [-0.2, 0) is 25.6 Å². The number of hydrogen-bond acceptors (Lipinski definition) is 5. The van der Waals surface area contributed by atoms with Gasteiger partial charge >= 0.3 is 0 Å². The molecule has 5 nitrogen and oxygen atoms in total. The lowest BCUT2D eigenvalue weighted by molar-refractivity contribution is -0.300. The van der Waals surface area contributed by atoms with E-state index in [4.69, 9.17) is 18.9 Å². The van der Waals surface area contributed by atoms with E-state index < -0.39 is 24.6 Å². The summed E-state index contributed by atoms with van der Waals surface area (Å²) in [5, 5.41) is 10.2. The molecule has 1 aliphatic heterocycles. The fourth-order valence-corrected chi connectivity index (χ4v) is 2.38. The summed E-state index contributed by atoms with van der Waals surface area (Å²) < 4.78 is 22.0. The van der Waals surface area contributed by atoms with Crippen LogP contribution in [0.25, 0.3) is 0 Å². The summed E-state index contributed by atoms with van der Waals surface area (Å²) in [7, 11) is 3.11. The van der Waals surface area contributed by atoms with Crippen molar-refractivity contribution in [3.8, 4) is 0 Å². The fraction of sp³-hybridized carbons (Fsp3) is 0.600. The van der Waals surface area contributed by atoms with E-state index in [1.807, 2.05) is 30.3 Å². The summed E-state index contributed by atoms with van der Waals surface area (Å²) in [6.07, 6.45) is -2.62. The minimum absolute atomic E-state index is 0.368. The Balaban J connectivity index is 2.05. The maximum Gasteiger partial charge on any atom is 0.186 e. The highest BCUT2D eigenvalue weighted by atomic mass is 16.7. The molecule has 0 amide bonds. The average Bonchev–Trinajstić information content (AvgIpc) is 2.49. The average molecular weight is 282 g/mol. The Morgan fingerprint density at radius 3 is 2.40 bits per heavy atom. The molecule has 2 rings (SSSR count). The fourth-order valence-electron chi connectivity index (χ4n) is 2.38. The Morgan fingerprint density at radius 2 is 1.80 bits per heavy atom. The largest absolute Gasteiger partial charge is 0.388 e. The minimum Gasteiger partial charge on any atom is -0.388 e. The van der Waals surface area contributed by atoms with Crippen LogP contribution in [0.3, 0.4) is 0 Å². The van der Waals surface area contributed by atoms with Gasteiger partial charge in [0.25, 0.3) is 0 Å². The normalized spacial score (nSPS) is 34.1. The highest BCUT2D eigenvalue weighted by Gasteiger charge is 2.44. The van der Waals surface area contributed by atoms with Crippen LogP contribution in [0, 0.1) is 0 Å². The molecule has 0 aromatic heterocycles. The molecule has 1 aliphatic rings. The van der Waals surface area contributed by atoms with Gasteiger partial charge in [0.1, 0.15) is 18.3 Å². The minimum atomic E-state index is -0.755. The second-order valence-electron chi connectivity index (χ2n) is 4.90. The smallest absolute Gasteiger partial charge is 0.186 e. The van der Waals surface area contributed by atoms with E-state index in [1.54, 1.807) is 21.1 Å². The maximum atomic E-state index is 10.2. The number of ether oxygens (including phenoxy) is 4. The van der Waals surface area contributed by atoms with Gasteiger partial charge in [0.15, 0.2) is 6.29 Å². The van der Waals surface area contributed by atoms with E-state index in [1.165, 1.54) is 0 Å². The molecular formula is C15H22O5. The molecule has 1 aromatic carbocycles. The van der Waals surface area contributed by atoms with Gasteiger partial charge < -0.3 is 24.1 Å². The molecule has 20 heavy (non-hydrogen) atoms. The Morgan fingerprint density at radius 1 is 1.10 bits per heavy atom. The van der Waals surface area contributed by atoms with Crippen molar-refractivity contribution in [2.24, 2.45) is 0 Å². The monoisotopic (exact) mass is 282 g/mol. The van der Waals surface area contributed by atoms with Gasteiger partial charge in [0, 0.05) is 14.2 Å². The van der Waals surface area contributed by atoms with Crippen LogP contribution in [-0.4, -0.2) is 50.0 Å². The molecule has 0 bridgehead atoms. The zero-order chi connectivity index (χ0) is 14.5. The summed E-state index contributed by atoms with van der Waals surface area (Å²) in [5.74, 6) is 0. The van der Waals surface area contributed by atoms with Crippen LogP contribution in [0.2, 0.25) is 0 Å². The molecule has 112 valence electrons. The second-order valence-corrected chi connectivity index (χ2v) is 4.90. The lowest BCUT2D eigenvalue weighted by Crippen LogP contribution is -2.58. The van der Waals surface area contributed by atoms with E-state index >= 15 is 0 Å². The highest BCUT2D eigenvalue weighted by molar-refractivity contribution is 5.13. The van der Waals surface area contributed by atoms with Crippen LogP contribution in [0.1, 0.15) is 12.5 Å². The van der Waals surface area contributed by atoms with Gasteiger partial charge in [0.05, 0.1) is 12.7 Å². The van der Waals surface area contributed by atoms with Crippen molar-refractivity contribution in [1.82, 2.24) is 0 Å². The molecule has 5 heteroatoms. The number of rotatable bonds is 5. The predicted octanol–water partition coefficient (Wildman–Crippen LogP) is 1.34. The molecule has 5 atom stereocenters. The molecule has 1 heterocycles. The number of aliphatic hydroxyl groups is 1. The van der Waals surface area contributed by atoms with E-state index in [9.17, 15) is 5.11 Å². The zero-order valence-electron chi connectivity index (χ0n) is 12.1. The van der Waals surface area contributed by atoms with Crippen molar-refractivity contribution < 1.29 is 24.1 Å². The topological polar surface area (TPSA) is 57.2 Å². The van der Waals surface area contributed by atoms with E-state index in [-0.39, 0.29) is 6.10 Å². The van der Waals surface area contributed by atoms with Crippen molar-refractivity contribution in [3.63, 3.8) is 0 Å². The predicted molar refractivity (Wildman–Crippen MR) is 73.2 cm³/mol. The van der Waals surface area contributed by atoms with Crippen molar-refractivity contribution in [3.05, 3.63) is 35.9 Å². The lowest BCUT2D eigenvalue weighted by Gasteiger charge is -2.42. The van der Waals surface area contributed by atoms with E-state index in [2.05, 4.69) is 0 Å². The number of hydrogen-bond donors (Lipinski definition) is 1. The van der Waals surface area contributed by atoms with Crippen LogP contribution in [0.5, 0.6) is 0 Å². The molecule has 0 saturated carbocycles. The van der Waals surface area contributed by atoms with Gasteiger partial charge in [-0.15, -0.1) is 0 Å². The number of aliphatic hydroxyl groups excluding tert-OH is 1. The van der Waals surface area contributed by atoms with Gasteiger partial charge in [-0.2, -0.15) is 0 Å². The Kier molecular flexibility index (Phi) is 5.51. The molecule has 0 aliphatic carbocycles. The Hall–Kier alpha value is -0.980. The van der Waals surface area contributed by atoms with E-state index in [0.717, 1.165) is 5.56 Å². The van der Waals surface area contributed by atoms with E-state index in [0.29, 0.717) is 6.61 Å². The standard InChI is InChI=1S/C15H22O5/c1-10-12(16)13(14(17-2)15(18-3)20-10)19-9-11-7-5-4-6-8-11/h4-8,10,12-16H,9H2,1-3H3/t10-,12-,13-,14?,15+/m1/s1. The summed E-state index contributed by atoms with van der Waals surface area (Å²) in [6.45, 7) is 2.20. The van der Waals surface area contributed by atoms with Gasteiger partial charge in [0.2, 0.25) is 0 Å². The quantitative estimate of drug-likeness (QED) is 0.883. The molecule has 0 radical (unpaired) electrons. The number of methoxy groups -OCH3 is 2. The van der Waals surface area contributed by atoms with Gasteiger partial charge in [-0.1, -0.05) is 30.3 Å². The summed E-state index contributed by atoms with van der Waals surface area (Å²) in [4.78, 5) is 0. The van der Waals surface area contributed by atoms with Crippen LogP contribution in [0.15, 0.2) is 30.3 Å². The highest BCUT2D eigenvalue weighted by Crippen LogP contribution is 2.26. The third-order valence-corrected chi connectivity index (χ3v) is 3.55. The van der Waals surface area contributed by atoms with Crippen molar-refractivity contribution in [2.45, 2.75) is 44.2 Å². The zero-order valence-corrected chi connectivity index (χ0v) is 12.1. The summed E-state index contributed by atoms with van der Waals surface area (Å²) >= 11 is 0. The molecule has 0 spiro atoms. The third-order valence-electron chi connectivity index (χ3n) is 3.55. The summed E-state index contributed by atoms with van der Waals surface area (Å²) in [6, 6.07) is 9.81. The SMILES string of the molecule is COC1[C@@H](OC)O[C@H](C)[C@@H](O)[C@H]1OCc1ccccc1. The van der Waals surface area contributed by atoms with Gasteiger partial charge in [-0.05, 0) is 12.5 Å².